The highest BCUT2D eigenvalue weighted by atomic mass is 16.5. The largest absolute Gasteiger partial charge is 0.452 e. The van der Waals surface area contributed by atoms with Gasteiger partial charge in [-0.1, -0.05) is 42.5 Å². The van der Waals surface area contributed by atoms with E-state index in [0.717, 1.165) is 16.8 Å². The van der Waals surface area contributed by atoms with Gasteiger partial charge in [-0.25, -0.2) is 9.48 Å². The normalized spacial score (nSPS) is 10.4. The molecule has 1 heterocycles. The first-order valence-corrected chi connectivity index (χ1v) is 9.91. The molecule has 0 aliphatic heterocycles. The van der Waals surface area contributed by atoms with Gasteiger partial charge in [0.25, 0.3) is 5.91 Å². The summed E-state index contributed by atoms with van der Waals surface area (Å²) in [5.41, 5.74) is 3.25. The summed E-state index contributed by atoms with van der Waals surface area (Å²) in [6, 6.07) is 17.0. The molecule has 0 atom stereocenters. The summed E-state index contributed by atoms with van der Waals surface area (Å²) in [7, 11) is 0. The third kappa shape index (κ3) is 5.57. The van der Waals surface area contributed by atoms with Gasteiger partial charge in [-0.05, 0) is 31.5 Å². The number of benzene rings is 2. The summed E-state index contributed by atoms with van der Waals surface area (Å²) >= 11 is 0. The Morgan fingerprint density at radius 3 is 2.39 bits per heavy atom. The van der Waals surface area contributed by atoms with Gasteiger partial charge in [0.05, 0.1) is 12.2 Å². The molecule has 2 N–H and O–H groups in total. The monoisotopic (exact) mass is 420 g/mol. The number of rotatable bonds is 8. The fourth-order valence-electron chi connectivity index (χ4n) is 2.97. The maximum Gasteiger partial charge on any atom is 0.342 e. The Hall–Kier alpha value is -3.94. The quantitative estimate of drug-likeness (QED) is 0.544. The van der Waals surface area contributed by atoms with E-state index in [-0.39, 0.29) is 18.0 Å². The lowest BCUT2D eigenvalue weighted by Gasteiger charge is -2.07. The van der Waals surface area contributed by atoms with E-state index in [2.05, 4.69) is 15.7 Å². The zero-order valence-corrected chi connectivity index (χ0v) is 17.4. The molecule has 0 aliphatic carbocycles. The topological polar surface area (TPSA) is 102 Å². The SMILES string of the molecule is CCNC(=O)CNC(=O)COC(=O)c1cn(-c2ccccc2)nc1-c1ccccc1C. The standard InChI is InChI=1S/C23H24N4O4/c1-3-24-20(28)13-25-21(29)15-31-23(30)19-14-27(17-10-5-4-6-11-17)26-22(19)18-12-8-7-9-16(18)2/h4-12,14H,3,13,15H2,1-2H3,(H,24,28)(H,25,29). The third-order valence-corrected chi connectivity index (χ3v) is 4.51. The second-order valence-corrected chi connectivity index (χ2v) is 6.79. The number of amides is 2. The van der Waals surface area contributed by atoms with Gasteiger partial charge in [-0.2, -0.15) is 5.10 Å². The molecular formula is C23H24N4O4. The number of aryl methyl sites for hydroxylation is 1. The molecule has 2 amide bonds. The highest BCUT2D eigenvalue weighted by molar-refractivity contribution is 5.97. The maximum atomic E-state index is 12.8. The highest BCUT2D eigenvalue weighted by Crippen LogP contribution is 2.27. The Morgan fingerprint density at radius 2 is 1.68 bits per heavy atom. The summed E-state index contributed by atoms with van der Waals surface area (Å²) < 4.78 is 6.80. The molecule has 0 aliphatic rings. The minimum atomic E-state index is -0.673. The first-order chi connectivity index (χ1) is 15.0. The van der Waals surface area contributed by atoms with Gasteiger partial charge in [0.2, 0.25) is 5.91 Å². The van der Waals surface area contributed by atoms with Gasteiger partial charge >= 0.3 is 5.97 Å². The van der Waals surface area contributed by atoms with E-state index < -0.39 is 18.5 Å². The van der Waals surface area contributed by atoms with Crippen LogP contribution in [0, 0.1) is 6.92 Å². The van der Waals surface area contributed by atoms with Crippen LogP contribution in [-0.2, 0) is 14.3 Å². The number of ether oxygens (including phenoxy) is 1. The van der Waals surface area contributed by atoms with Crippen molar-refractivity contribution >= 4 is 17.8 Å². The molecular weight excluding hydrogens is 396 g/mol. The van der Waals surface area contributed by atoms with Crippen molar-refractivity contribution in [2.75, 3.05) is 19.7 Å². The number of hydrogen-bond donors (Lipinski definition) is 2. The smallest absolute Gasteiger partial charge is 0.342 e. The van der Waals surface area contributed by atoms with Crippen molar-refractivity contribution < 1.29 is 19.1 Å². The molecule has 0 spiro atoms. The second-order valence-electron chi connectivity index (χ2n) is 6.79. The van der Waals surface area contributed by atoms with Crippen LogP contribution < -0.4 is 10.6 Å². The molecule has 3 aromatic rings. The van der Waals surface area contributed by atoms with Crippen molar-refractivity contribution in [1.29, 1.82) is 0 Å². The molecule has 0 bridgehead atoms. The van der Waals surface area contributed by atoms with Gasteiger partial charge in [-0.15, -0.1) is 0 Å². The number of hydrogen-bond acceptors (Lipinski definition) is 5. The van der Waals surface area contributed by atoms with Gasteiger partial charge in [0.15, 0.2) is 6.61 Å². The van der Waals surface area contributed by atoms with E-state index in [1.165, 1.54) is 0 Å². The van der Waals surface area contributed by atoms with Gasteiger partial charge < -0.3 is 15.4 Å². The number of aromatic nitrogens is 2. The number of esters is 1. The van der Waals surface area contributed by atoms with Gasteiger partial charge in [-0.3, -0.25) is 9.59 Å². The molecule has 31 heavy (non-hydrogen) atoms. The summed E-state index contributed by atoms with van der Waals surface area (Å²) in [5, 5.41) is 9.58. The van der Waals surface area contributed by atoms with E-state index in [1.54, 1.807) is 17.8 Å². The number of nitrogens with one attached hydrogen (secondary N) is 2. The number of likely N-dealkylation sites (N-methyl/N-ethyl adjacent to an activating group) is 1. The van der Waals surface area contributed by atoms with E-state index in [0.29, 0.717) is 12.2 Å². The van der Waals surface area contributed by atoms with Crippen molar-refractivity contribution in [1.82, 2.24) is 20.4 Å². The Bertz CT molecular complexity index is 1080. The first-order valence-electron chi connectivity index (χ1n) is 9.91. The summed E-state index contributed by atoms with van der Waals surface area (Å²) in [6.45, 7) is 3.51. The summed E-state index contributed by atoms with van der Waals surface area (Å²) in [6.07, 6.45) is 1.59. The molecule has 0 fully saturated rings. The predicted molar refractivity (Wildman–Crippen MR) is 116 cm³/mol. The van der Waals surface area contributed by atoms with Crippen LogP contribution in [0.15, 0.2) is 60.8 Å². The fourth-order valence-corrected chi connectivity index (χ4v) is 2.97. The molecule has 0 unspecified atom stereocenters. The van der Waals surface area contributed by atoms with Crippen LogP contribution in [0.25, 0.3) is 16.9 Å². The molecule has 1 aromatic heterocycles. The van der Waals surface area contributed by atoms with Crippen LogP contribution in [0.4, 0.5) is 0 Å². The van der Waals surface area contributed by atoms with E-state index in [1.807, 2.05) is 61.5 Å². The minimum absolute atomic E-state index is 0.176. The summed E-state index contributed by atoms with van der Waals surface area (Å²) in [5.74, 6) is -1.55. The maximum absolute atomic E-state index is 12.8. The Balaban J connectivity index is 1.80. The van der Waals surface area contributed by atoms with Crippen LogP contribution >= 0.6 is 0 Å². The van der Waals surface area contributed by atoms with Crippen molar-refractivity contribution in [2.24, 2.45) is 0 Å². The molecule has 0 saturated heterocycles. The van der Waals surface area contributed by atoms with Crippen LogP contribution in [-0.4, -0.2) is 47.3 Å². The second kappa shape index (κ2) is 10.2. The minimum Gasteiger partial charge on any atom is -0.452 e. The molecule has 2 aromatic carbocycles. The van der Waals surface area contributed by atoms with E-state index >= 15 is 0 Å². The summed E-state index contributed by atoms with van der Waals surface area (Å²) in [4.78, 5) is 36.2. The molecule has 8 nitrogen and oxygen atoms in total. The molecule has 0 saturated carbocycles. The van der Waals surface area contributed by atoms with E-state index in [4.69, 9.17) is 4.74 Å². The average Bonchev–Trinajstić information content (AvgIpc) is 3.22. The molecule has 3 rings (SSSR count). The Kier molecular flexibility index (Phi) is 7.16. The lowest BCUT2D eigenvalue weighted by atomic mass is 10.0. The van der Waals surface area contributed by atoms with Crippen molar-refractivity contribution in [3.63, 3.8) is 0 Å². The first kappa shape index (κ1) is 21.8. The highest BCUT2D eigenvalue weighted by Gasteiger charge is 2.22. The van der Waals surface area contributed by atoms with Crippen molar-refractivity contribution in [3.8, 4) is 16.9 Å². The number of para-hydroxylation sites is 1. The number of carbonyl (C=O) groups is 3. The van der Waals surface area contributed by atoms with Gasteiger partial charge in [0.1, 0.15) is 11.3 Å². The van der Waals surface area contributed by atoms with Crippen LogP contribution in [0.5, 0.6) is 0 Å². The van der Waals surface area contributed by atoms with Crippen molar-refractivity contribution in [3.05, 3.63) is 71.9 Å². The fraction of sp³-hybridized carbons (Fsp3) is 0.217. The average molecular weight is 420 g/mol. The molecule has 160 valence electrons. The zero-order valence-electron chi connectivity index (χ0n) is 17.4. The Morgan fingerprint density at radius 1 is 0.968 bits per heavy atom. The predicted octanol–water partition coefficient (Wildman–Crippen LogP) is 2.26. The van der Waals surface area contributed by atoms with Crippen LogP contribution in [0.1, 0.15) is 22.8 Å². The van der Waals surface area contributed by atoms with Crippen LogP contribution in [0.2, 0.25) is 0 Å². The van der Waals surface area contributed by atoms with Gasteiger partial charge in [0, 0.05) is 18.3 Å². The number of nitrogens with zero attached hydrogens (tertiary/aromatic N) is 2. The molecule has 8 heteroatoms. The Labute approximate surface area is 180 Å². The molecule has 0 radical (unpaired) electrons. The van der Waals surface area contributed by atoms with E-state index in [9.17, 15) is 14.4 Å². The number of carbonyl (C=O) groups excluding carboxylic acids is 3. The van der Waals surface area contributed by atoms with Crippen LogP contribution in [0.3, 0.4) is 0 Å². The van der Waals surface area contributed by atoms with Crippen molar-refractivity contribution in [2.45, 2.75) is 13.8 Å². The third-order valence-electron chi connectivity index (χ3n) is 4.51. The lowest BCUT2D eigenvalue weighted by Crippen LogP contribution is -2.38. The lowest BCUT2D eigenvalue weighted by molar-refractivity contribution is -0.127. The zero-order chi connectivity index (χ0) is 22.2.